The van der Waals surface area contributed by atoms with Crippen molar-refractivity contribution in [2.24, 2.45) is 0 Å². The van der Waals surface area contributed by atoms with Gasteiger partial charge in [0.1, 0.15) is 18.0 Å². The van der Waals surface area contributed by atoms with Gasteiger partial charge in [-0.15, -0.1) is 0 Å². The van der Waals surface area contributed by atoms with E-state index < -0.39 is 0 Å². The zero-order chi connectivity index (χ0) is 24.7. The summed E-state index contributed by atoms with van der Waals surface area (Å²) >= 11 is 0. The second-order valence-corrected chi connectivity index (χ2v) is 8.40. The highest BCUT2D eigenvalue weighted by Crippen LogP contribution is 2.20. The molecule has 0 aliphatic rings. The number of carbonyl (C=O) groups is 1. The third-order valence-electron chi connectivity index (χ3n) is 5.88. The first-order valence-corrected chi connectivity index (χ1v) is 11.7. The lowest BCUT2D eigenvalue weighted by atomic mass is 10.0. The van der Waals surface area contributed by atoms with Gasteiger partial charge in [-0.25, -0.2) is 19.0 Å². The van der Waals surface area contributed by atoms with Gasteiger partial charge in [-0.1, -0.05) is 66.7 Å². The Kier molecular flexibility index (Phi) is 6.93. The van der Waals surface area contributed by atoms with Crippen LogP contribution >= 0.6 is 0 Å². The number of aromatic nitrogens is 4. The number of halogens is 1. The van der Waals surface area contributed by atoms with Crippen molar-refractivity contribution in [1.29, 1.82) is 0 Å². The minimum atomic E-state index is -0.266. The third kappa shape index (κ3) is 5.55. The molecule has 0 unspecified atom stereocenters. The zero-order valence-corrected chi connectivity index (χ0v) is 19.6. The predicted octanol–water partition coefficient (Wildman–Crippen LogP) is 4.60. The summed E-state index contributed by atoms with van der Waals surface area (Å²) in [7, 11) is 0. The van der Waals surface area contributed by atoms with Crippen molar-refractivity contribution in [3.8, 4) is 11.1 Å². The van der Waals surface area contributed by atoms with Crippen molar-refractivity contribution in [3.05, 3.63) is 108 Å². The number of carbonyl (C=O) groups excluding carboxylic acids is 1. The molecule has 0 aliphatic heterocycles. The van der Waals surface area contributed by atoms with Gasteiger partial charge in [0.25, 0.3) is 0 Å². The number of fused-ring (bicyclic) bond motifs is 1. The van der Waals surface area contributed by atoms with Crippen molar-refractivity contribution in [2.45, 2.75) is 19.5 Å². The van der Waals surface area contributed by atoms with Crippen LogP contribution in [0, 0.1) is 5.82 Å². The normalized spacial score (nSPS) is 10.9. The van der Waals surface area contributed by atoms with Crippen LogP contribution < -0.4 is 10.6 Å². The van der Waals surface area contributed by atoms with Crippen LogP contribution in [-0.2, 0) is 24.3 Å². The molecule has 2 aromatic heterocycles. The number of hydrogen-bond donors (Lipinski definition) is 2. The third-order valence-corrected chi connectivity index (χ3v) is 5.88. The van der Waals surface area contributed by atoms with E-state index in [1.807, 2.05) is 42.5 Å². The Morgan fingerprint density at radius 1 is 0.861 bits per heavy atom. The molecular formula is C28H25FN6O. The second kappa shape index (κ2) is 10.8. The van der Waals surface area contributed by atoms with E-state index >= 15 is 0 Å². The van der Waals surface area contributed by atoms with Gasteiger partial charge in [-0.2, -0.15) is 5.10 Å². The Balaban J connectivity index is 1.14. The summed E-state index contributed by atoms with van der Waals surface area (Å²) in [4.78, 5) is 21.1. The first-order valence-electron chi connectivity index (χ1n) is 11.7. The lowest BCUT2D eigenvalue weighted by Gasteiger charge is -2.08. The van der Waals surface area contributed by atoms with E-state index in [9.17, 15) is 9.18 Å². The molecule has 2 heterocycles. The van der Waals surface area contributed by atoms with Crippen LogP contribution in [0.15, 0.2) is 91.4 Å². The summed E-state index contributed by atoms with van der Waals surface area (Å²) in [5, 5.41) is 11.4. The molecule has 0 aliphatic carbocycles. The maximum atomic E-state index is 13.1. The fourth-order valence-corrected chi connectivity index (χ4v) is 3.98. The number of anilines is 1. The maximum Gasteiger partial charge on any atom is 0.224 e. The van der Waals surface area contributed by atoms with Gasteiger partial charge < -0.3 is 10.6 Å². The summed E-state index contributed by atoms with van der Waals surface area (Å²) in [6.45, 7) is 1.41. The lowest BCUT2D eigenvalue weighted by molar-refractivity contribution is -0.120. The molecule has 5 aromatic rings. The van der Waals surface area contributed by atoms with Crippen LogP contribution in [0.3, 0.4) is 0 Å². The van der Waals surface area contributed by atoms with Crippen LogP contribution in [0.2, 0.25) is 0 Å². The molecule has 8 heteroatoms. The molecule has 180 valence electrons. The van der Waals surface area contributed by atoms with E-state index in [0.29, 0.717) is 37.5 Å². The average Bonchev–Trinajstić information content (AvgIpc) is 3.33. The summed E-state index contributed by atoms with van der Waals surface area (Å²) in [5.74, 6) is 0.339. The highest BCUT2D eigenvalue weighted by atomic mass is 19.1. The molecular weight excluding hydrogens is 455 g/mol. The van der Waals surface area contributed by atoms with Crippen molar-refractivity contribution >= 4 is 22.8 Å². The monoisotopic (exact) mass is 480 g/mol. The maximum absolute atomic E-state index is 13.1. The van der Waals surface area contributed by atoms with Crippen molar-refractivity contribution in [3.63, 3.8) is 0 Å². The molecule has 36 heavy (non-hydrogen) atoms. The van der Waals surface area contributed by atoms with E-state index in [1.165, 1.54) is 18.5 Å². The van der Waals surface area contributed by atoms with Crippen LogP contribution in [-0.4, -0.2) is 32.2 Å². The fraction of sp³-hybridized carbons (Fsp3) is 0.143. The molecule has 3 aromatic carbocycles. The fourth-order valence-electron chi connectivity index (χ4n) is 3.98. The van der Waals surface area contributed by atoms with Crippen LogP contribution in [0.1, 0.15) is 11.1 Å². The molecule has 7 nitrogen and oxygen atoms in total. The van der Waals surface area contributed by atoms with Gasteiger partial charge in [0.05, 0.1) is 24.5 Å². The van der Waals surface area contributed by atoms with Crippen LogP contribution in [0.25, 0.3) is 22.2 Å². The average molecular weight is 481 g/mol. The first-order chi connectivity index (χ1) is 17.7. The summed E-state index contributed by atoms with van der Waals surface area (Å²) in [6, 6.07) is 24.5. The Morgan fingerprint density at radius 3 is 2.36 bits per heavy atom. The lowest BCUT2D eigenvalue weighted by Crippen LogP contribution is -2.28. The van der Waals surface area contributed by atoms with E-state index in [-0.39, 0.29) is 11.7 Å². The number of nitrogens with zero attached hydrogens (tertiary/aromatic N) is 4. The molecule has 0 saturated carbocycles. The topological polar surface area (TPSA) is 84.7 Å². The molecule has 0 bridgehead atoms. The van der Waals surface area contributed by atoms with Gasteiger partial charge in [0.2, 0.25) is 5.91 Å². The van der Waals surface area contributed by atoms with Crippen LogP contribution in [0.4, 0.5) is 10.2 Å². The quantitative estimate of drug-likeness (QED) is 0.322. The van der Waals surface area contributed by atoms with E-state index in [2.05, 4.69) is 37.8 Å². The summed E-state index contributed by atoms with van der Waals surface area (Å²) in [6.07, 6.45) is 3.50. The van der Waals surface area contributed by atoms with Gasteiger partial charge in [-0.05, 0) is 34.4 Å². The van der Waals surface area contributed by atoms with E-state index in [4.69, 9.17) is 0 Å². The summed E-state index contributed by atoms with van der Waals surface area (Å²) in [5.41, 5.74) is 4.85. The Morgan fingerprint density at radius 2 is 1.58 bits per heavy atom. The Hall–Kier alpha value is -4.59. The standard InChI is InChI=1S/C28H25FN6O/c29-24-12-8-21(9-13-24)17-31-27-25-18-34-35(28(25)33-19-32-27)15-14-30-26(36)16-20-6-10-23(11-7-20)22-4-2-1-3-5-22/h1-13,18-19H,14-17H2,(H,30,36)(H,31,32,33). The van der Waals surface area contributed by atoms with E-state index in [1.54, 1.807) is 23.0 Å². The van der Waals surface area contributed by atoms with Crippen molar-refractivity contribution in [1.82, 2.24) is 25.1 Å². The smallest absolute Gasteiger partial charge is 0.224 e. The predicted molar refractivity (Wildman–Crippen MR) is 138 cm³/mol. The minimum Gasteiger partial charge on any atom is -0.365 e. The molecule has 5 rings (SSSR count). The molecule has 0 radical (unpaired) electrons. The van der Waals surface area contributed by atoms with Crippen molar-refractivity contribution < 1.29 is 9.18 Å². The Bertz CT molecular complexity index is 1450. The second-order valence-electron chi connectivity index (χ2n) is 8.40. The van der Waals surface area contributed by atoms with Gasteiger partial charge >= 0.3 is 0 Å². The van der Waals surface area contributed by atoms with Gasteiger partial charge in [-0.3, -0.25) is 4.79 Å². The largest absolute Gasteiger partial charge is 0.365 e. The summed E-state index contributed by atoms with van der Waals surface area (Å²) < 4.78 is 14.9. The van der Waals surface area contributed by atoms with E-state index in [0.717, 1.165) is 27.6 Å². The van der Waals surface area contributed by atoms with Gasteiger partial charge in [0.15, 0.2) is 5.65 Å². The molecule has 2 N–H and O–H groups in total. The van der Waals surface area contributed by atoms with Crippen molar-refractivity contribution in [2.75, 3.05) is 11.9 Å². The highest BCUT2D eigenvalue weighted by molar-refractivity contribution is 5.86. The number of amides is 1. The highest BCUT2D eigenvalue weighted by Gasteiger charge is 2.10. The number of hydrogen-bond acceptors (Lipinski definition) is 5. The zero-order valence-electron chi connectivity index (χ0n) is 19.6. The van der Waals surface area contributed by atoms with Crippen LogP contribution in [0.5, 0.6) is 0 Å². The molecule has 0 spiro atoms. The molecule has 1 amide bonds. The SMILES string of the molecule is O=C(Cc1ccc(-c2ccccc2)cc1)NCCn1ncc2c(NCc3ccc(F)cc3)ncnc21. The van der Waals surface area contributed by atoms with Gasteiger partial charge in [0, 0.05) is 13.1 Å². The number of rotatable bonds is 9. The first kappa shape index (κ1) is 23.2. The molecule has 0 atom stereocenters. The Labute approximate surface area is 208 Å². The number of benzene rings is 3. The number of nitrogens with one attached hydrogen (secondary N) is 2. The molecule has 0 fully saturated rings. The molecule has 0 saturated heterocycles. The minimum absolute atomic E-state index is 0.0461.